The summed E-state index contributed by atoms with van der Waals surface area (Å²) >= 11 is 1.63. The normalized spacial score (nSPS) is 25.9. The highest BCUT2D eigenvalue weighted by atomic mass is 32.2. The Bertz CT molecular complexity index is 786. The zero-order chi connectivity index (χ0) is 24.3. The van der Waals surface area contributed by atoms with Crippen molar-refractivity contribution < 1.29 is 13.6 Å². The molecular formula is C25H39F2N3OS. The van der Waals surface area contributed by atoms with E-state index in [1.54, 1.807) is 18.9 Å². The molecule has 0 aromatic heterocycles. The highest BCUT2D eigenvalue weighted by molar-refractivity contribution is 8.01. The molecule has 32 heavy (non-hydrogen) atoms. The SMILES string of the molecule is C=C/C(F)=C(F)\C=C(/C)NC(=O)/C(C)=C1\CC[C@@H](C)CCCCC(C)N(C)S\C1=C\NC. The first-order chi connectivity index (χ1) is 15.1. The summed E-state index contributed by atoms with van der Waals surface area (Å²) in [5, 5.41) is 5.80. The van der Waals surface area contributed by atoms with Crippen LogP contribution in [0.1, 0.15) is 66.2 Å². The maximum atomic E-state index is 13.8. The number of hydrogen-bond acceptors (Lipinski definition) is 4. The average Bonchev–Trinajstić information content (AvgIpc) is 2.74. The number of halogens is 2. The fraction of sp³-hybridized carbons (Fsp3) is 0.560. The summed E-state index contributed by atoms with van der Waals surface area (Å²) in [6, 6.07) is 0.407. The van der Waals surface area contributed by atoms with Crippen LogP contribution < -0.4 is 10.6 Å². The summed E-state index contributed by atoms with van der Waals surface area (Å²) in [5.41, 5.74) is 1.77. The predicted octanol–water partition coefficient (Wildman–Crippen LogP) is 6.68. The molecule has 180 valence electrons. The van der Waals surface area contributed by atoms with Crippen molar-refractivity contribution in [2.24, 2.45) is 5.92 Å². The van der Waals surface area contributed by atoms with Crippen molar-refractivity contribution in [1.82, 2.24) is 14.9 Å². The van der Waals surface area contributed by atoms with Gasteiger partial charge in [0.2, 0.25) is 0 Å². The van der Waals surface area contributed by atoms with Crippen LogP contribution in [0.25, 0.3) is 0 Å². The smallest absolute Gasteiger partial charge is 0.251 e. The molecule has 0 saturated carbocycles. The van der Waals surface area contributed by atoms with Crippen LogP contribution in [0, 0.1) is 5.92 Å². The Morgan fingerprint density at radius 3 is 2.44 bits per heavy atom. The zero-order valence-corrected chi connectivity index (χ0v) is 21.2. The van der Waals surface area contributed by atoms with E-state index in [2.05, 4.69) is 42.4 Å². The van der Waals surface area contributed by atoms with Crippen molar-refractivity contribution in [2.45, 2.75) is 72.3 Å². The number of rotatable bonds is 5. The minimum Gasteiger partial charge on any atom is -0.393 e. The van der Waals surface area contributed by atoms with E-state index < -0.39 is 11.7 Å². The van der Waals surface area contributed by atoms with Gasteiger partial charge in [0.25, 0.3) is 5.91 Å². The Balaban J connectivity index is 3.28. The topological polar surface area (TPSA) is 44.4 Å². The molecule has 1 heterocycles. The van der Waals surface area contributed by atoms with Gasteiger partial charge >= 0.3 is 0 Å². The van der Waals surface area contributed by atoms with E-state index in [0.717, 1.165) is 41.9 Å². The number of amides is 1. The van der Waals surface area contributed by atoms with Crippen molar-refractivity contribution in [3.8, 4) is 0 Å². The van der Waals surface area contributed by atoms with Crippen LogP contribution in [-0.2, 0) is 4.79 Å². The third-order valence-electron chi connectivity index (χ3n) is 5.75. The van der Waals surface area contributed by atoms with E-state index >= 15 is 0 Å². The summed E-state index contributed by atoms with van der Waals surface area (Å²) in [6.45, 7) is 11.0. The highest BCUT2D eigenvalue weighted by Crippen LogP contribution is 2.35. The molecule has 1 amide bonds. The van der Waals surface area contributed by atoms with Gasteiger partial charge in [0.1, 0.15) is 0 Å². The molecule has 4 nitrogen and oxygen atoms in total. The molecule has 1 rings (SSSR count). The number of nitrogens with zero attached hydrogens (tertiary/aromatic N) is 1. The summed E-state index contributed by atoms with van der Waals surface area (Å²) in [4.78, 5) is 14.0. The average molecular weight is 468 g/mol. The van der Waals surface area contributed by atoms with Gasteiger partial charge in [-0.2, -0.15) is 0 Å². The van der Waals surface area contributed by atoms with Crippen LogP contribution in [-0.4, -0.2) is 30.3 Å². The lowest BCUT2D eigenvalue weighted by molar-refractivity contribution is -0.116. The quantitative estimate of drug-likeness (QED) is 0.269. The molecule has 0 aromatic rings. The zero-order valence-electron chi connectivity index (χ0n) is 20.4. The monoisotopic (exact) mass is 467 g/mol. The van der Waals surface area contributed by atoms with Crippen LogP contribution >= 0.6 is 11.9 Å². The van der Waals surface area contributed by atoms with E-state index in [-0.39, 0.29) is 11.6 Å². The maximum absolute atomic E-state index is 13.8. The van der Waals surface area contributed by atoms with Gasteiger partial charge in [0, 0.05) is 35.5 Å². The number of nitrogens with one attached hydrogen (secondary N) is 2. The van der Waals surface area contributed by atoms with Gasteiger partial charge in [-0.15, -0.1) is 0 Å². The molecule has 0 radical (unpaired) electrons. The first kappa shape index (κ1) is 28.2. The van der Waals surface area contributed by atoms with E-state index in [4.69, 9.17) is 0 Å². The summed E-state index contributed by atoms with van der Waals surface area (Å²) in [6.07, 6.45) is 10.2. The molecule has 0 aliphatic carbocycles. The van der Waals surface area contributed by atoms with Crippen molar-refractivity contribution in [3.63, 3.8) is 0 Å². The summed E-state index contributed by atoms with van der Waals surface area (Å²) in [7, 11) is 3.93. The molecular weight excluding hydrogens is 428 g/mol. The lowest BCUT2D eigenvalue weighted by Gasteiger charge is -2.27. The van der Waals surface area contributed by atoms with Crippen molar-refractivity contribution >= 4 is 17.9 Å². The first-order valence-electron chi connectivity index (χ1n) is 11.3. The number of carbonyl (C=O) groups excluding carboxylic acids is 1. The van der Waals surface area contributed by atoms with Crippen molar-refractivity contribution in [3.05, 3.63) is 58.3 Å². The number of hydrogen-bond donors (Lipinski definition) is 2. The molecule has 0 spiro atoms. The van der Waals surface area contributed by atoms with E-state index in [1.165, 1.54) is 26.2 Å². The Kier molecular flexibility index (Phi) is 12.6. The Labute approximate surface area is 197 Å². The van der Waals surface area contributed by atoms with Gasteiger partial charge < -0.3 is 10.6 Å². The maximum Gasteiger partial charge on any atom is 0.251 e. The largest absolute Gasteiger partial charge is 0.393 e. The van der Waals surface area contributed by atoms with Gasteiger partial charge in [0.05, 0.1) is 0 Å². The molecule has 0 aromatic carbocycles. The van der Waals surface area contributed by atoms with E-state index in [9.17, 15) is 13.6 Å². The van der Waals surface area contributed by atoms with Crippen LogP contribution in [0.2, 0.25) is 0 Å². The second-order valence-corrected chi connectivity index (χ2v) is 9.70. The molecule has 1 saturated heterocycles. The van der Waals surface area contributed by atoms with E-state index in [0.29, 0.717) is 17.5 Å². The predicted molar refractivity (Wildman–Crippen MR) is 133 cm³/mol. The van der Waals surface area contributed by atoms with Crippen LogP contribution in [0.15, 0.2) is 58.3 Å². The molecule has 2 atom stereocenters. The van der Waals surface area contributed by atoms with Crippen molar-refractivity contribution in [1.29, 1.82) is 0 Å². The molecule has 0 bridgehead atoms. The van der Waals surface area contributed by atoms with Crippen LogP contribution in [0.5, 0.6) is 0 Å². The lowest BCUT2D eigenvalue weighted by atomic mass is 9.93. The Morgan fingerprint density at radius 1 is 1.16 bits per heavy atom. The van der Waals surface area contributed by atoms with Gasteiger partial charge in [0.15, 0.2) is 11.7 Å². The number of carbonyl (C=O) groups is 1. The van der Waals surface area contributed by atoms with Gasteiger partial charge in [-0.05, 0) is 82.7 Å². The van der Waals surface area contributed by atoms with Crippen molar-refractivity contribution in [2.75, 3.05) is 14.1 Å². The molecule has 1 aliphatic rings. The fourth-order valence-electron chi connectivity index (χ4n) is 3.49. The summed E-state index contributed by atoms with van der Waals surface area (Å²) in [5.74, 6) is -1.88. The highest BCUT2D eigenvalue weighted by Gasteiger charge is 2.21. The van der Waals surface area contributed by atoms with E-state index in [1.807, 2.05) is 13.2 Å². The molecule has 1 aliphatic heterocycles. The molecule has 7 heteroatoms. The number of allylic oxidation sites excluding steroid dienone is 6. The second kappa shape index (κ2) is 14.3. The van der Waals surface area contributed by atoms with Crippen LogP contribution in [0.4, 0.5) is 8.78 Å². The minimum absolute atomic E-state index is 0.225. The minimum atomic E-state index is -1.06. The second-order valence-electron chi connectivity index (χ2n) is 8.50. The Morgan fingerprint density at radius 2 is 1.81 bits per heavy atom. The van der Waals surface area contributed by atoms with Crippen LogP contribution in [0.3, 0.4) is 0 Å². The lowest BCUT2D eigenvalue weighted by Crippen LogP contribution is -2.25. The van der Waals surface area contributed by atoms with Gasteiger partial charge in [-0.25, -0.2) is 13.1 Å². The van der Waals surface area contributed by atoms with Gasteiger partial charge in [-0.1, -0.05) is 32.8 Å². The third-order valence-corrected chi connectivity index (χ3v) is 6.96. The fourth-order valence-corrected chi connectivity index (χ4v) is 4.62. The molecule has 1 fully saturated rings. The third kappa shape index (κ3) is 9.33. The standard InChI is InChI=1S/C25H39F2N3OS/c1-8-22(26)23(27)15-18(3)29-25(31)20(5)21-14-13-17(2)11-9-10-12-19(4)30(7)32-24(21)16-28-6/h8,15-17,19,28H,1,9-14H2,2-7H3,(H,29,31)/b18-15+,21-20+,23-22-,24-16+/t17-,19?/m0/s1. The van der Waals surface area contributed by atoms with Gasteiger partial charge in [-0.3, -0.25) is 4.79 Å². The first-order valence-corrected chi connectivity index (χ1v) is 12.0. The molecule has 2 N–H and O–H groups in total. The summed E-state index contributed by atoms with van der Waals surface area (Å²) < 4.78 is 29.3. The molecule has 1 unspecified atom stereocenters. The Hall–Kier alpha value is -1.86.